The molecule has 0 aliphatic carbocycles. The van der Waals surface area contributed by atoms with Crippen LogP contribution in [-0.4, -0.2) is 182 Å². The summed E-state index contributed by atoms with van der Waals surface area (Å²) in [5.41, 5.74) is 12.2. The van der Waals surface area contributed by atoms with Crippen LogP contribution in [0.3, 0.4) is 0 Å². The fraction of sp³-hybridized carbons (Fsp3) is 0.458. The van der Waals surface area contributed by atoms with E-state index in [1.807, 2.05) is 0 Å². The molecule has 0 bridgehead atoms. The molecule has 0 saturated heterocycles. The predicted octanol–water partition coefficient (Wildman–Crippen LogP) is -6.25. The van der Waals surface area contributed by atoms with Crippen molar-refractivity contribution in [2.24, 2.45) is 17.4 Å². The van der Waals surface area contributed by atoms with Gasteiger partial charge in [0.25, 0.3) is 0 Å². The first-order valence-electron chi connectivity index (χ1n) is 24.0. The van der Waals surface area contributed by atoms with Gasteiger partial charge in [0.05, 0.1) is 45.2 Å². The van der Waals surface area contributed by atoms with E-state index in [9.17, 15) is 83.1 Å². The Morgan fingerprint density at radius 1 is 0.571 bits per heavy atom. The molecule has 0 spiro atoms. The van der Waals surface area contributed by atoms with E-state index in [2.05, 4.69) is 52.8 Å². The van der Waals surface area contributed by atoms with E-state index in [1.165, 1.54) is 6.92 Å². The summed E-state index contributed by atoms with van der Waals surface area (Å²) in [4.78, 5) is 158. The fourth-order valence-corrected chi connectivity index (χ4v) is 7.43. The van der Waals surface area contributed by atoms with Crippen molar-refractivity contribution in [1.29, 1.82) is 0 Å². The third-order valence-electron chi connectivity index (χ3n) is 11.8. The highest BCUT2D eigenvalue weighted by molar-refractivity contribution is 5.99. The second-order valence-electron chi connectivity index (χ2n) is 17.7. The maximum atomic E-state index is 14.1. The number of H-pyrrole nitrogens is 1. The summed E-state index contributed by atoms with van der Waals surface area (Å²) in [6, 6.07) is 1.79. The summed E-state index contributed by atoms with van der Waals surface area (Å²) in [6.07, 6.45) is -1.99. The lowest BCUT2D eigenvalue weighted by Crippen LogP contribution is -2.63. The van der Waals surface area contributed by atoms with Crippen molar-refractivity contribution in [3.05, 3.63) is 71.9 Å². The number of aliphatic carboxylic acids is 2. The molecule has 0 saturated carbocycles. The number of carbonyl (C=O) groups excluding carboxylic acids is 10. The molecule has 29 nitrogen and oxygen atoms in total. The quantitative estimate of drug-likeness (QED) is 0.0277. The Kier molecular flexibility index (Phi) is 25.0. The minimum Gasteiger partial charge on any atom is -0.481 e. The van der Waals surface area contributed by atoms with Crippen molar-refractivity contribution in [2.75, 3.05) is 26.3 Å². The summed E-state index contributed by atoms with van der Waals surface area (Å²) in [7, 11) is 0. The highest BCUT2D eigenvalue weighted by Gasteiger charge is 2.37. The number of nitrogens with one attached hydrogen (secondary N) is 10. The lowest BCUT2D eigenvalue weighted by molar-refractivity contribution is -0.143. The summed E-state index contributed by atoms with van der Waals surface area (Å²) in [5.74, 6) is -14.5. The van der Waals surface area contributed by atoms with Crippen LogP contribution in [-0.2, 0) is 70.4 Å². The molecule has 77 heavy (non-hydrogen) atoms. The van der Waals surface area contributed by atoms with Crippen LogP contribution in [0.1, 0.15) is 51.2 Å². The van der Waals surface area contributed by atoms with Crippen molar-refractivity contribution in [3.63, 3.8) is 0 Å². The predicted molar refractivity (Wildman–Crippen MR) is 269 cm³/mol. The van der Waals surface area contributed by atoms with Gasteiger partial charge in [-0.2, -0.15) is 0 Å². The molecule has 10 amide bonds. The first-order chi connectivity index (χ1) is 36.4. The highest BCUT2D eigenvalue weighted by atomic mass is 16.4. The topological polar surface area (TPSA) is 482 Å². The fourth-order valence-electron chi connectivity index (χ4n) is 7.43. The largest absolute Gasteiger partial charge is 0.481 e. The number of hydrogen-bond donors (Lipinski definition) is 17. The van der Waals surface area contributed by atoms with Gasteiger partial charge in [0, 0.05) is 29.9 Å². The maximum absolute atomic E-state index is 14.1. The zero-order valence-corrected chi connectivity index (χ0v) is 42.2. The van der Waals surface area contributed by atoms with E-state index in [4.69, 9.17) is 11.5 Å². The lowest BCUT2D eigenvalue weighted by atomic mass is 9.97. The summed E-state index contributed by atoms with van der Waals surface area (Å²) in [5, 5.41) is 70.6. The number of aromatic amines is 1. The van der Waals surface area contributed by atoms with Crippen LogP contribution in [0.5, 0.6) is 0 Å². The molecule has 0 unspecified atom stereocenters. The van der Waals surface area contributed by atoms with Gasteiger partial charge < -0.3 is 89.8 Å². The number of rotatable bonds is 32. The Morgan fingerprint density at radius 3 is 1.65 bits per heavy atom. The molecule has 0 fully saturated rings. The third kappa shape index (κ3) is 19.9. The smallest absolute Gasteiger partial charge is 0.326 e. The molecule has 10 atom stereocenters. The zero-order valence-electron chi connectivity index (χ0n) is 42.2. The van der Waals surface area contributed by atoms with Crippen molar-refractivity contribution < 1.29 is 83.1 Å². The number of hydrogen-bond acceptors (Lipinski definition) is 16. The number of carbonyl (C=O) groups is 12. The number of benzene rings is 2. The Morgan fingerprint density at radius 2 is 1.08 bits per heavy atom. The first-order valence-corrected chi connectivity index (χ1v) is 24.0. The van der Waals surface area contributed by atoms with E-state index in [1.54, 1.807) is 67.7 Å². The number of nitrogens with two attached hydrogens (primary N) is 2. The molecule has 3 aromatic rings. The van der Waals surface area contributed by atoms with Crippen molar-refractivity contribution >= 4 is 81.9 Å². The normalized spacial score (nSPS) is 14.9. The highest BCUT2D eigenvalue weighted by Crippen LogP contribution is 2.20. The van der Waals surface area contributed by atoms with Gasteiger partial charge in [0.15, 0.2) is 0 Å². The van der Waals surface area contributed by atoms with Crippen molar-refractivity contribution in [3.8, 4) is 0 Å². The number of fused-ring (bicyclic) bond motifs is 1. The average Bonchev–Trinajstić information content (AvgIpc) is 3.80. The number of carboxylic acids is 2. The number of primary amides is 1. The minimum absolute atomic E-state index is 0.180. The molecule has 19 N–H and O–H groups in total. The van der Waals surface area contributed by atoms with Crippen LogP contribution in [0.4, 0.5) is 0 Å². The number of para-hydroxylation sites is 1. The summed E-state index contributed by atoms with van der Waals surface area (Å²) in [6.45, 7) is 0.578. The average molecular weight is 1080 g/mol. The lowest BCUT2D eigenvalue weighted by Gasteiger charge is -2.29. The molecule has 0 radical (unpaired) electrons. The molecule has 0 aliphatic rings. The number of aliphatic hydroxyl groups excluding tert-OH is 3. The van der Waals surface area contributed by atoms with Gasteiger partial charge in [-0.3, -0.25) is 52.7 Å². The zero-order chi connectivity index (χ0) is 57.5. The summed E-state index contributed by atoms with van der Waals surface area (Å²) < 4.78 is 0. The molecule has 420 valence electrons. The van der Waals surface area contributed by atoms with Gasteiger partial charge in [-0.15, -0.1) is 0 Å². The van der Waals surface area contributed by atoms with Gasteiger partial charge in [-0.05, 0) is 30.0 Å². The Hall–Kier alpha value is -8.54. The third-order valence-corrected chi connectivity index (χ3v) is 11.8. The van der Waals surface area contributed by atoms with Crippen LogP contribution >= 0.6 is 0 Å². The second-order valence-corrected chi connectivity index (χ2v) is 17.7. The monoisotopic (exact) mass is 1080 g/mol. The van der Waals surface area contributed by atoms with Crippen LogP contribution in [0.25, 0.3) is 10.9 Å². The van der Waals surface area contributed by atoms with Gasteiger partial charge >= 0.3 is 11.9 Å². The first kappa shape index (κ1) is 62.8. The van der Waals surface area contributed by atoms with E-state index in [-0.39, 0.29) is 19.3 Å². The van der Waals surface area contributed by atoms with Crippen molar-refractivity contribution in [2.45, 2.75) is 107 Å². The second kappa shape index (κ2) is 30.7. The van der Waals surface area contributed by atoms with E-state index in [0.29, 0.717) is 22.0 Å². The number of aromatic nitrogens is 1. The van der Waals surface area contributed by atoms with E-state index < -0.39 is 171 Å². The van der Waals surface area contributed by atoms with Gasteiger partial charge in [0.1, 0.15) is 48.3 Å². The number of carboxylic acid groups (broad SMARTS) is 2. The maximum Gasteiger partial charge on any atom is 0.326 e. The molecule has 1 aromatic heterocycles. The number of aliphatic hydroxyl groups is 3. The molecular formula is C48H66N12O17. The SMILES string of the molecule is CC[C@H](C)[C@H](NC(=O)[C@H](CO)NC(=O)[C@H](CC(=O)O)NC(=O)CN)C(=O)N[C@H](C(=O)N[C@@H](CO)C(=O)NCC(=O)N[C@@H](Cc1ccccc1)C(=O)N[C@@H](Cc1c[nH]c2ccccc12)C(=O)N[C@@H](CC(N)=O)C(=O)O)[C@@H](C)O. The standard InChI is InChI=1S/C48H66N12O17/c1-4-23(2)39(59-45(73)34(22-62)57-44(72)31(17-38(67)68)53-36(65)18-49)46(74)60-40(24(3)63)47(75)58-33(21-61)41(69)52-20-37(66)54-29(14-25-10-6-5-7-11-25)42(70)55-30(43(71)56-32(48(76)77)16-35(50)64)15-26-19-51-28-13-9-8-12-27(26)28/h5-13,19,23-24,29-34,39-40,51,61-63H,4,14-18,20-22,49H2,1-3H3,(H2,50,64)(H,52,69)(H,53,65)(H,54,66)(H,55,70)(H,56,71)(H,57,72)(H,58,75)(H,59,73)(H,60,74)(H,67,68)(H,76,77)/t23-,24+,29-,30-,31-,32-,33-,34-,39-,40-/m0/s1. The van der Waals surface area contributed by atoms with Crippen molar-refractivity contribution in [1.82, 2.24) is 52.8 Å². The Balaban J connectivity index is 1.76. The molecule has 2 aromatic carbocycles. The summed E-state index contributed by atoms with van der Waals surface area (Å²) >= 11 is 0. The molecule has 0 aliphatic heterocycles. The van der Waals surface area contributed by atoms with Gasteiger partial charge in [-0.1, -0.05) is 68.8 Å². The van der Waals surface area contributed by atoms with Gasteiger partial charge in [-0.25, -0.2) is 4.79 Å². The molecule has 1 heterocycles. The van der Waals surface area contributed by atoms with Crippen LogP contribution in [0, 0.1) is 5.92 Å². The number of amides is 10. The Bertz CT molecular complexity index is 2600. The molecule has 29 heteroatoms. The van der Waals surface area contributed by atoms with E-state index >= 15 is 0 Å². The minimum atomic E-state index is -1.87. The van der Waals surface area contributed by atoms with Crippen LogP contribution in [0.2, 0.25) is 0 Å². The van der Waals surface area contributed by atoms with E-state index in [0.717, 1.165) is 6.92 Å². The van der Waals surface area contributed by atoms with Gasteiger partial charge in [0.2, 0.25) is 59.1 Å². The van der Waals surface area contributed by atoms with Crippen LogP contribution < -0.4 is 59.3 Å². The molecule has 3 rings (SSSR count). The van der Waals surface area contributed by atoms with Crippen LogP contribution in [0.15, 0.2) is 60.8 Å². The Labute approximate surface area is 439 Å². The molecular weight excluding hydrogens is 1020 g/mol.